The maximum Gasteiger partial charge on any atom is 0.166 e. The summed E-state index contributed by atoms with van der Waals surface area (Å²) in [5.41, 5.74) is 1.37. The van der Waals surface area contributed by atoms with E-state index in [-0.39, 0.29) is 28.4 Å². The molecule has 0 saturated carbocycles. The molecule has 1 N–H and O–H groups in total. The van der Waals surface area contributed by atoms with Crippen molar-refractivity contribution < 1.29 is 14.7 Å². The fourth-order valence-corrected chi connectivity index (χ4v) is 1.93. The summed E-state index contributed by atoms with van der Waals surface area (Å²) in [5.74, 6) is -0.369. The van der Waals surface area contributed by atoms with Gasteiger partial charge in [-0.2, -0.15) is 0 Å². The summed E-state index contributed by atoms with van der Waals surface area (Å²) in [6.07, 6.45) is 2.23. The Hall–Kier alpha value is -1.64. The van der Waals surface area contributed by atoms with E-state index in [0.29, 0.717) is 12.8 Å². The smallest absolute Gasteiger partial charge is 0.166 e. The lowest BCUT2D eigenvalue weighted by atomic mass is 9.96. The van der Waals surface area contributed by atoms with E-state index >= 15 is 0 Å². The van der Waals surface area contributed by atoms with E-state index in [1.54, 1.807) is 12.1 Å². The highest BCUT2D eigenvalue weighted by atomic mass is 16.3. The van der Waals surface area contributed by atoms with Gasteiger partial charge in [-0.1, -0.05) is 13.8 Å². The monoisotopic (exact) mass is 248 g/mol. The van der Waals surface area contributed by atoms with Gasteiger partial charge >= 0.3 is 0 Å². The molecule has 0 fully saturated rings. The predicted molar refractivity (Wildman–Crippen MR) is 71.3 cm³/mol. The third kappa shape index (κ3) is 3.19. The second-order valence-electron chi connectivity index (χ2n) is 4.56. The highest BCUT2D eigenvalue weighted by molar-refractivity contribution is 6.05. The number of carbonyl (C=O) groups excluding carboxylic acids is 2. The molecular formula is C15H20O3. The second-order valence-corrected chi connectivity index (χ2v) is 4.56. The second kappa shape index (κ2) is 6.34. The van der Waals surface area contributed by atoms with Crippen LogP contribution in [0.4, 0.5) is 0 Å². The maximum atomic E-state index is 11.9. The third-order valence-corrected chi connectivity index (χ3v) is 2.81. The molecule has 18 heavy (non-hydrogen) atoms. The van der Waals surface area contributed by atoms with Crippen LogP contribution in [-0.4, -0.2) is 16.7 Å². The molecule has 0 radical (unpaired) electrons. The molecular weight excluding hydrogens is 228 g/mol. The van der Waals surface area contributed by atoms with Crippen molar-refractivity contribution >= 4 is 11.6 Å². The van der Waals surface area contributed by atoms with Crippen LogP contribution < -0.4 is 0 Å². The van der Waals surface area contributed by atoms with Gasteiger partial charge in [0.15, 0.2) is 11.6 Å². The normalized spacial score (nSPS) is 10.4. The topological polar surface area (TPSA) is 54.4 Å². The highest BCUT2D eigenvalue weighted by Gasteiger charge is 2.18. The summed E-state index contributed by atoms with van der Waals surface area (Å²) in [4.78, 5) is 23.8. The highest BCUT2D eigenvalue weighted by Crippen LogP contribution is 2.27. The van der Waals surface area contributed by atoms with Crippen LogP contribution in [0.15, 0.2) is 12.1 Å². The molecule has 0 aliphatic carbocycles. The Morgan fingerprint density at radius 3 is 1.72 bits per heavy atom. The van der Waals surface area contributed by atoms with E-state index in [9.17, 15) is 14.7 Å². The molecule has 0 aliphatic heterocycles. The molecule has 0 aliphatic rings. The van der Waals surface area contributed by atoms with Crippen molar-refractivity contribution in [3.63, 3.8) is 0 Å². The minimum absolute atomic E-state index is 0.107. The fraction of sp³-hybridized carbons (Fsp3) is 0.467. The standard InChI is InChI=1S/C15H20O3/c1-4-6-13(16)11-8-10(3)9-12(15(11)18)14(17)7-5-2/h8-9,18H,4-7H2,1-3H3. The minimum Gasteiger partial charge on any atom is -0.506 e. The quantitative estimate of drug-likeness (QED) is 0.781. The predicted octanol–water partition coefficient (Wildman–Crippen LogP) is 3.67. The number of ketones is 2. The van der Waals surface area contributed by atoms with E-state index < -0.39 is 0 Å². The van der Waals surface area contributed by atoms with E-state index in [1.807, 2.05) is 20.8 Å². The molecule has 0 unspecified atom stereocenters. The lowest BCUT2D eigenvalue weighted by Gasteiger charge is -2.09. The first-order chi connectivity index (χ1) is 8.51. The Morgan fingerprint density at radius 2 is 1.39 bits per heavy atom. The van der Waals surface area contributed by atoms with Gasteiger partial charge in [-0.3, -0.25) is 9.59 Å². The molecule has 3 heteroatoms. The van der Waals surface area contributed by atoms with E-state index in [2.05, 4.69) is 0 Å². The van der Waals surface area contributed by atoms with E-state index in [0.717, 1.165) is 18.4 Å². The Bertz CT molecular complexity index is 422. The van der Waals surface area contributed by atoms with Crippen LogP contribution in [0.5, 0.6) is 5.75 Å². The number of benzene rings is 1. The average Bonchev–Trinajstić information content (AvgIpc) is 2.32. The van der Waals surface area contributed by atoms with Gasteiger partial charge in [0.05, 0.1) is 11.1 Å². The van der Waals surface area contributed by atoms with Gasteiger partial charge in [0.1, 0.15) is 5.75 Å². The van der Waals surface area contributed by atoms with Crippen LogP contribution in [0, 0.1) is 6.92 Å². The molecule has 0 aromatic heterocycles. The molecule has 0 amide bonds. The fourth-order valence-electron chi connectivity index (χ4n) is 1.93. The van der Waals surface area contributed by atoms with Crippen LogP contribution in [0.1, 0.15) is 65.8 Å². The molecule has 1 aromatic carbocycles. The maximum absolute atomic E-state index is 11.9. The summed E-state index contributed by atoms with van der Waals surface area (Å²) in [6.45, 7) is 5.65. The van der Waals surface area contributed by atoms with E-state index in [1.165, 1.54) is 0 Å². The summed E-state index contributed by atoms with van der Waals surface area (Å²) in [5, 5.41) is 10.1. The van der Waals surface area contributed by atoms with Crippen molar-refractivity contribution in [3.8, 4) is 5.75 Å². The van der Waals surface area contributed by atoms with Gasteiger partial charge in [0, 0.05) is 12.8 Å². The number of hydrogen-bond donors (Lipinski definition) is 1. The Labute approximate surface area is 108 Å². The van der Waals surface area contributed by atoms with Crippen LogP contribution in [0.25, 0.3) is 0 Å². The largest absolute Gasteiger partial charge is 0.506 e. The zero-order chi connectivity index (χ0) is 13.7. The van der Waals surface area contributed by atoms with Gasteiger partial charge in [-0.25, -0.2) is 0 Å². The third-order valence-electron chi connectivity index (χ3n) is 2.81. The number of aryl methyl sites for hydroxylation is 1. The van der Waals surface area contributed by atoms with E-state index in [4.69, 9.17) is 0 Å². The van der Waals surface area contributed by atoms with Crippen LogP contribution in [0.3, 0.4) is 0 Å². The first-order valence-corrected chi connectivity index (χ1v) is 6.41. The number of phenolic OH excluding ortho intramolecular Hbond substituents is 1. The van der Waals surface area contributed by atoms with Gasteiger partial charge in [-0.15, -0.1) is 0 Å². The van der Waals surface area contributed by atoms with Gasteiger partial charge in [0.25, 0.3) is 0 Å². The molecule has 1 aromatic rings. The molecule has 0 saturated heterocycles. The first kappa shape index (κ1) is 14.4. The van der Waals surface area contributed by atoms with Crippen LogP contribution >= 0.6 is 0 Å². The Balaban J connectivity index is 3.22. The van der Waals surface area contributed by atoms with Gasteiger partial charge < -0.3 is 5.11 Å². The minimum atomic E-state index is -0.155. The van der Waals surface area contributed by atoms with Crippen LogP contribution in [0.2, 0.25) is 0 Å². The molecule has 3 nitrogen and oxygen atoms in total. The summed E-state index contributed by atoms with van der Waals surface area (Å²) < 4.78 is 0. The molecule has 98 valence electrons. The summed E-state index contributed by atoms with van der Waals surface area (Å²) >= 11 is 0. The number of carbonyl (C=O) groups is 2. The Kier molecular flexibility index (Phi) is 5.08. The molecule has 0 atom stereocenters. The van der Waals surface area contributed by atoms with Crippen molar-refractivity contribution in [2.75, 3.05) is 0 Å². The molecule has 0 spiro atoms. The zero-order valence-corrected chi connectivity index (χ0v) is 11.2. The number of Topliss-reactive ketones (excluding diaryl/α,β-unsaturated/α-hetero) is 2. The first-order valence-electron chi connectivity index (χ1n) is 6.41. The van der Waals surface area contributed by atoms with Gasteiger partial charge in [0.2, 0.25) is 0 Å². The average molecular weight is 248 g/mol. The lowest BCUT2D eigenvalue weighted by molar-refractivity contribution is 0.0977. The van der Waals surface area contributed by atoms with Crippen molar-refractivity contribution in [1.82, 2.24) is 0 Å². The molecule has 0 heterocycles. The number of rotatable bonds is 6. The Morgan fingerprint density at radius 1 is 1.00 bits per heavy atom. The van der Waals surface area contributed by atoms with Crippen molar-refractivity contribution in [2.45, 2.75) is 46.5 Å². The summed E-state index contributed by atoms with van der Waals surface area (Å²) in [6, 6.07) is 3.30. The lowest BCUT2D eigenvalue weighted by Crippen LogP contribution is -2.05. The number of hydrogen-bond acceptors (Lipinski definition) is 3. The van der Waals surface area contributed by atoms with Gasteiger partial charge in [-0.05, 0) is 37.5 Å². The number of phenols is 1. The zero-order valence-electron chi connectivity index (χ0n) is 11.2. The SMILES string of the molecule is CCCC(=O)c1cc(C)cc(C(=O)CCC)c1O. The molecule has 1 rings (SSSR count). The number of aromatic hydroxyl groups is 1. The van der Waals surface area contributed by atoms with Crippen LogP contribution in [-0.2, 0) is 0 Å². The summed E-state index contributed by atoms with van der Waals surface area (Å²) in [7, 11) is 0. The van der Waals surface area contributed by atoms with Crippen molar-refractivity contribution in [2.24, 2.45) is 0 Å². The van der Waals surface area contributed by atoms with Crippen molar-refractivity contribution in [1.29, 1.82) is 0 Å². The molecule has 0 bridgehead atoms. The van der Waals surface area contributed by atoms with Crippen molar-refractivity contribution in [3.05, 3.63) is 28.8 Å².